The zero-order valence-electron chi connectivity index (χ0n) is 14.6. The molecule has 0 bridgehead atoms. The zero-order valence-corrected chi connectivity index (χ0v) is 16.1. The van der Waals surface area contributed by atoms with E-state index in [-0.39, 0.29) is 5.97 Å². The van der Waals surface area contributed by atoms with E-state index >= 15 is 0 Å². The molecule has 0 amide bonds. The summed E-state index contributed by atoms with van der Waals surface area (Å²) in [7, 11) is 0. The van der Waals surface area contributed by atoms with Gasteiger partial charge in [0, 0.05) is 0 Å². The Morgan fingerprint density at radius 2 is 1.09 bits per heavy atom. The Morgan fingerprint density at radius 1 is 0.727 bits per heavy atom. The van der Waals surface area contributed by atoms with Crippen molar-refractivity contribution in [2.45, 2.75) is 110 Å². The third-order valence-electron chi connectivity index (χ3n) is 4.14. The molecule has 0 spiro atoms. The van der Waals surface area contributed by atoms with Crippen LogP contribution in [0.25, 0.3) is 0 Å². The van der Waals surface area contributed by atoms with Crippen molar-refractivity contribution in [3.63, 3.8) is 0 Å². The molecule has 0 heterocycles. The Hall–Kier alpha value is 0.144. The first kappa shape index (κ1) is 22.1. The Balaban J connectivity index is 3.01. The van der Waals surface area contributed by atoms with Crippen LogP contribution in [-0.2, 0) is 28.0 Å². The quantitative estimate of drug-likeness (QED) is 0.271. The van der Waals surface area contributed by atoms with Gasteiger partial charge in [-0.3, -0.25) is 0 Å². The molecule has 0 atom stereocenters. The van der Waals surface area contributed by atoms with Crippen molar-refractivity contribution in [1.29, 1.82) is 0 Å². The maximum absolute atomic E-state index is 11.0. The molecule has 22 heavy (non-hydrogen) atoms. The molecule has 0 radical (unpaired) electrons. The summed E-state index contributed by atoms with van der Waals surface area (Å²) in [5, 5.41) is 0. The third-order valence-corrected chi connectivity index (χ3v) is 4.64. The summed E-state index contributed by atoms with van der Waals surface area (Å²) in [6.45, 7) is 2.27. The zero-order chi connectivity index (χ0) is 16.3. The molecule has 0 saturated heterocycles. The molecule has 1 N–H and O–H groups in total. The molecule has 0 aliphatic heterocycles. The van der Waals surface area contributed by atoms with Gasteiger partial charge in [-0.05, 0) is 0 Å². The van der Waals surface area contributed by atoms with Gasteiger partial charge in [0.25, 0.3) is 0 Å². The number of carbonyl (C=O) groups excluding carboxylic acids is 1. The van der Waals surface area contributed by atoms with Crippen LogP contribution in [0.5, 0.6) is 0 Å². The second kappa shape index (κ2) is 19.2. The van der Waals surface area contributed by atoms with Crippen molar-refractivity contribution in [3.8, 4) is 0 Å². The van der Waals surface area contributed by atoms with E-state index in [1.165, 1.54) is 83.5 Å². The van der Waals surface area contributed by atoms with Crippen LogP contribution in [0.2, 0.25) is 0 Å². The van der Waals surface area contributed by atoms with Gasteiger partial charge >= 0.3 is 102 Å². The summed E-state index contributed by atoms with van der Waals surface area (Å²) in [6.07, 6.45) is 20.4. The Labute approximate surface area is 147 Å². The Morgan fingerprint density at radius 3 is 1.45 bits per heavy atom. The van der Waals surface area contributed by atoms with Crippen molar-refractivity contribution in [2.24, 2.45) is 0 Å². The SMILES string of the molecule is CCCCCCCCCCCCCCCCCC(=O)[O][Ti][OH]. The van der Waals surface area contributed by atoms with Crippen molar-refractivity contribution in [3.05, 3.63) is 0 Å². The molecule has 130 valence electrons. The summed E-state index contributed by atoms with van der Waals surface area (Å²) in [6, 6.07) is 0. The van der Waals surface area contributed by atoms with Gasteiger partial charge in [0.05, 0.1) is 0 Å². The summed E-state index contributed by atoms with van der Waals surface area (Å²) >= 11 is -1.44. The van der Waals surface area contributed by atoms with Gasteiger partial charge in [0.15, 0.2) is 0 Å². The Bertz CT molecular complexity index is 234. The maximum atomic E-state index is 11.0. The van der Waals surface area contributed by atoms with Gasteiger partial charge in [-0.1, -0.05) is 45.4 Å². The number of hydrogen-bond acceptors (Lipinski definition) is 3. The molecule has 0 aromatic carbocycles. The van der Waals surface area contributed by atoms with E-state index in [4.69, 9.17) is 3.69 Å². The summed E-state index contributed by atoms with van der Waals surface area (Å²) in [5.74, 6) is -0.225. The number of unbranched alkanes of at least 4 members (excludes halogenated alkanes) is 14. The molecule has 0 rings (SSSR count). The normalized spacial score (nSPS) is 10.6. The van der Waals surface area contributed by atoms with E-state index in [1.54, 1.807) is 0 Å². The minimum atomic E-state index is -1.44. The molecule has 0 unspecified atom stereocenters. The van der Waals surface area contributed by atoms with E-state index in [0.717, 1.165) is 12.8 Å². The van der Waals surface area contributed by atoms with Crippen LogP contribution in [-0.4, -0.2) is 9.66 Å². The van der Waals surface area contributed by atoms with Crippen molar-refractivity contribution in [2.75, 3.05) is 0 Å². The third kappa shape index (κ3) is 18.2. The molecule has 4 heteroatoms. The van der Waals surface area contributed by atoms with Crippen LogP contribution < -0.4 is 0 Å². The fourth-order valence-electron chi connectivity index (χ4n) is 2.74. The van der Waals surface area contributed by atoms with Crippen molar-refractivity contribution < 1.29 is 31.7 Å². The van der Waals surface area contributed by atoms with Gasteiger partial charge in [-0.15, -0.1) is 0 Å². The Kier molecular flexibility index (Phi) is 19.3. The predicted molar refractivity (Wildman–Crippen MR) is 87.9 cm³/mol. The topological polar surface area (TPSA) is 46.5 Å². The number of rotatable bonds is 17. The number of carbonyl (C=O) groups is 1. The molecule has 0 aromatic rings. The van der Waals surface area contributed by atoms with Crippen LogP contribution in [0.15, 0.2) is 0 Å². The van der Waals surface area contributed by atoms with Crippen molar-refractivity contribution in [1.82, 2.24) is 0 Å². The molecule has 0 fully saturated rings. The molecular weight excluding hydrogens is 312 g/mol. The molecular formula is C18H36O3Ti. The summed E-state index contributed by atoms with van der Waals surface area (Å²) in [5.41, 5.74) is 0. The van der Waals surface area contributed by atoms with Gasteiger partial charge in [0.1, 0.15) is 0 Å². The fourth-order valence-corrected chi connectivity index (χ4v) is 3.06. The van der Waals surface area contributed by atoms with Crippen LogP contribution in [0.1, 0.15) is 110 Å². The van der Waals surface area contributed by atoms with Gasteiger partial charge < -0.3 is 0 Å². The van der Waals surface area contributed by atoms with E-state index < -0.39 is 19.9 Å². The summed E-state index contributed by atoms with van der Waals surface area (Å²) < 4.78 is 13.1. The van der Waals surface area contributed by atoms with Gasteiger partial charge in [-0.25, -0.2) is 0 Å². The predicted octanol–water partition coefficient (Wildman–Crippen LogP) is 5.70. The first-order chi connectivity index (χ1) is 10.8. The fraction of sp³-hybridized carbons (Fsp3) is 0.944. The molecule has 0 aromatic heterocycles. The monoisotopic (exact) mass is 348 g/mol. The average Bonchev–Trinajstić information content (AvgIpc) is 2.51. The first-order valence-electron chi connectivity index (χ1n) is 9.40. The van der Waals surface area contributed by atoms with E-state index in [9.17, 15) is 4.79 Å². The van der Waals surface area contributed by atoms with Crippen LogP contribution in [0.4, 0.5) is 0 Å². The van der Waals surface area contributed by atoms with Crippen LogP contribution in [0, 0.1) is 0 Å². The van der Waals surface area contributed by atoms with Crippen LogP contribution in [0.3, 0.4) is 0 Å². The minimum absolute atomic E-state index is 0.225. The number of hydrogen-bond donors (Lipinski definition) is 1. The van der Waals surface area contributed by atoms with E-state index in [2.05, 4.69) is 10.2 Å². The molecule has 3 nitrogen and oxygen atoms in total. The second-order valence-corrected chi connectivity index (χ2v) is 6.87. The first-order valence-corrected chi connectivity index (χ1v) is 10.7. The molecule has 0 saturated carbocycles. The molecule has 0 aliphatic rings. The summed E-state index contributed by atoms with van der Waals surface area (Å²) in [4.78, 5) is 11.0. The van der Waals surface area contributed by atoms with Crippen LogP contribution >= 0.6 is 0 Å². The second-order valence-electron chi connectivity index (χ2n) is 6.27. The van der Waals surface area contributed by atoms with E-state index in [0.29, 0.717) is 6.42 Å². The van der Waals surface area contributed by atoms with E-state index in [1.807, 2.05) is 0 Å². The van der Waals surface area contributed by atoms with Gasteiger partial charge in [-0.2, -0.15) is 0 Å². The molecule has 0 aliphatic carbocycles. The standard InChI is InChI=1S/C18H36O2.H2O.Ti/c1-2-3-4-5-6-7-8-9-10-11-12-13-14-15-16-17-18(19)20;;/h2-17H2,1H3,(H,19,20);1H2;/q;;+2/p-2. The van der Waals surface area contributed by atoms with Crippen molar-refractivity contribution >= 4 is 5.97 Å². The average molecular weight is 348 g/mol. The van der Waals surface area contributed by atoms with Gasteiger partial charge in [0.2, 0.25) is 0 Å².